The fourth-order valence-corrected chi connectivity index (χ4v) is 4.62. The van der Waals surface area contributed by atoms with Gasteiger partial charge in [0.05, 0.1) is 11.5 Å². The molecule has 0 spiro atoms. The first-order valence-corrected chi connectivity index (χ1v) is 13.1. The summed E-state index contributed by atoms with van der Waals surface area (Å²) in [6.45, 7) is 6.49. The molecule has 0 bridgehead atoms. The van der Waals surface area contributed by atoms with Crippen molar-refractivity contribution in [1.82, 2.24) is 5.32 Å². The van der Waals surface area contributed by atoms with E-state index in [2.05, 4.69) is 22.3 Å². The van der Waals surface area contributed by atoms with Crippen LogP contribution in [-0.4, -0.2) is 26.0 Å². The summed E-state index contributed by atoms with van der Waals surface area (Å²) in [6, 6.07) is 18.5. The number of ether oxygens (including phenoxy) is 1. The molecule has 0 aliphatic carbocycles. The van der Waals surface area contributed by atoms with Gasteiger partial charge in [0.1, 0.15) is 5.75 Å². The van der Waals surface area contributed by atoms with E-state index in [0.29, 0.717) is 29.3 Å². The van der Waals surface area contributed by atoms with E-state index < -0.39 is 10.0 Å². The monoisotopic (exact) mass is 511 g/mol. The minimum absolute atomic E-state index is 0.0938. The Hall–Kier alpha value is -3.43. The fraction of sp³-hybridized carbons (Fsp3) is 0.231. The third-order valence-electron chi connectivity index (χ3n) is 4.99. The Bertz CT molecular complexity index is 1290. The molecule has 3 aromatic rings. The van der Waals surface area contributed by atoms with E-state index in [4.69, 9.17) is 17.0 Å². The predicted octanol–water partition coefficient (Wildman–Crippen LogP) is 5.41. The number of unbranched alkanes of at least 4 members (excludes halogenated alkanes) is 1. The molecule has 0 aliphatic rings. The Morgan fingerprint density at radius 3 is 2.29 bits per heavy atom. The van der Waals surface area contributed by atoms with Gasteiger partial charge in [-0.2, -0.15) is 0 Å². The summed E-state index contributed by atoms with van der Waals surface area (Å²) in [5.74, 6) is 0.247. The van der Waals surface area contributed by atoms with E-state index >= 15 is 0 Å². The maximum absolute atomic E-state index is 12.7. The molecule has 9 heteroatoms. The van der Waals surface area contributed by atoms with Crippen LogP contribution >= 0.6 is 12.2 Å². The molecule has 1 amide bonds. The number of thiocarbonyl (C=S) groups is 1. The summed E-state index contributed by atoms with van der Waals surface area (Å²) >= 11 is 5.24. The smallest absolute Gasteiger partial charge is 0.261 e. The van der Waals surface area contributed by atoms with Crippen LogP contribution in [0.25, 0.3) is 0 Å². The number of anilines is 2. The zero-order valence-electron chi connectivity index (χ0n) is 19.9. The molecule has 0 aliphatic heterocycles. The lowest BCUT2D eigenvalue weighted by Crippen LogP contribution is -2.34. The van der Waals surface area contributed by atoms with Gasteiger partial charge in [-0.05, 0) is 98.2 Å². The van der Waals surface area contributed by atoms with Crippen LogP contribution in [0.2, 0.25) is 0 Å². The fourth-order valence-electron chi connectivity index (χ4n) is 3.36. The molecule has 0 aromatic heterocycles. The largest absolute Gasteiger partial charge is 0.494 e. The summed E-state index contributed by atoms with van der Waals surface area (Å²) in [6.07, 6.45) is 1.96. The average molecular weight is 512 g/mol. The van der Waals surface area contributed by atoms with E-state index in [1.807, 2.05) is 19.9 Å². The molecule has 0 unspecified atom stereocenters. The number of amides is 1. The Labute approximate surface area is 212 Å². The van der Waals surface area contributed by atoms with E-state index in [9.17, 15) is 13.2 Å². The number of hydrogen-bond donors (Lipinski definition) is 3. The zero-order chi connectivity index (χ0) is 25.4. The summed E-state index contributed by atoms with van der Waals surface area (Å²) in [5, 5.41) is 5.61. The molecule has 0 saturated heterocycles. The average Bonchev–Trinajstić information content (AvgIpc) is 2.79. The molecule has 0 atom stereocenters. The highest BCUT2D eigenvalue weighted by atomic mass is 32.2. The maximum Gasteiger partial charge on any atom is 0.261 e. The van der Waals surface area contributed by atoms with Crippen molar-refractivity contribution in [2.24, 2.45) is 0 Å². The Morgan fingerprint density at radius 2 is 1.63 bits per heavy atom. The molecule has 35 heavy (non-hydrogen) atoms. The topological polar surface area (TPSA) is 96.5 Å². The van der Waals surface area contributed by atoms with Crippen molar-refractivity contribution >= 4 is 44.6 Å². The SMILES string of the molecule is CCCCOc1cccc(C(=O)NC(=S)Nc2ccc(S(=O)(=O)Nc3cc(C)cc(C)c3)cc2)c1. The second-order valence-electron chi connectivity index (χ2n) is 8.14. The first-order valence-electron chi connectivity index (χ1n) is 11.2. The molecular formula is C26H29N3O4S2. The maximum atomic E-state index is 12.7. The van der Waals surface area contributed by atoms with Gasteiger partial charge < -0.3 is 10.1 Å². The standard InChI is InChI=1S/C26H29N3O4S2/c1-4-5-13-33-23-8-6-7-20(17-23)25(30)28-26(34)27-21-9-11-24(12-10-21)35(31,32)29-22-15-18(2)14-19(3)16-22/h6-12,14-17,29H,4-5,13H2,1-3H3,(H2,27,28,30,34). The number of carbonyl (C=O) groups excluding carboxylic acids is 1. The Morgan fingerprint density at radius 1 is 0.943 bits per heavy atom. The molecule has 0 heterocycles. The highest BCUT2D eigenvalue weighted by molar-refractivity contribution is 7.92. The molecular weight excluding hydrogens is 482 g/mol. The highest BCUT2D eigenvalue weighted by Gasteiger charge is 2.15. The summed E-state index contributed by atoms with van der Waals surface area (Å²) in [7, 11) is -3.75. The van der Waals surface area contributed by atoms with E-state index in [1.54, 1.807) is 48.5 Å². The van der Waals surface area contributed by atoms with Gasteiger partial charge in [0.2, 0.25) is 0 Å². The molecule has 184 valence electrons. The van der Waals surface area contributed by atoms with Crippen LogP contribution in [0.15, 0.2) is 71.6 Å². The van der Waals surface area contributed by atoms with Crippen LogP contribution in [0.4, 0.5) is 11.4 Å². The van der Waals surface area contributed by atoms with Gasteiger partial charge in [0.15, 0.2) is 5.11 Å². The lowest BCUT2D eigenvalue weighted by Gasteiger charge is -2.12. The van der Waals surface area contributed by atoms with Crippen molar-refractivity contribution in [2.45, 2.75) is 38.5 Å². The normalized spacial score (nSPS) is 10.9. The number of nitrogens with one attached hydrogen (secondary N) is 3. The van der Waals surface area contributed by atoms with Gasteiger partial charge >= 0.3 is 0 Å². The number of hydrogen-bond acceptors (Lipinski definition) is 5. The first kappa shape index (κ1) is 26.2. The lowest BCUT2D eigenvalue weighted by molar-refractivity contribution is 0.0977. The van der Waals surface area contributed by atoms with Crippen LogP contribution in [0, 0.1) is 13.8 Å². The molecule has 0 fully saturated rings. The van der Waals surface area contributed by atoms with Crippen molar-refractivity contribution in [3.8, 4) is 5.75 Å². The van der Waals surface area contributed by atoms with Gasteiger partial charge in [-0.1, -0.05) is 25.5 Å². The number of rotatable bonds is 9. The number of carbonyl (C=O) groups is 1. The predicted molar refractivity (Wildman–Crippen MR) is 144 cm³/mol. The second-order valence-corrected chi connectivity index (χ2v) is 10.2. The summed E-state index contributed by atoms with van der Waals surface area (Å²) in [5.41, 5.74) is 3.40. The van der Waals surface area contributed by atoms with Crippen LogP contribution in [0.3, 0.4) is 0 Å². The molecule has 3 rings (SSSR count). The van der Waals surface area contributed by atoms with Crippen molar-refractivity contribution < 1.29 is 17.9 Å². The number of aryl methyl sites for hydroxylation is 2. The molecule has 3 aromatic carbocycles. The number of sulfonamides is 1. The third-order valence-corrected chi connectivity index (χ3v) is 6.59. The summed E-state index contributed by atoms with van der Waals surface area (Å²) in [4.78, 5) is 12.7. The summed E-state index contributed by atoms with van der Waals surface area (Å²) < 4.78 is 33.7. The van der Waals surface area contributed by atoms with Crippen LogP contribution in [0.5, 0.6) is 5.75 Å². The minimum Gasteiger partial charge on any atom is -0.494 e. The van der Waals surface area contributed by atoms with Gasteiger partial charge in [-0.3, -0.25) is 14.8 Å². The van der Waals surface area contributed by atoms with Gasteiger partial charge in [0, 0.05) is 16.9 Å². The molecule has 7 nitrogen and oxygen atoms in total. The van der Waals surface area contributed by atoms with Gasteiger partial charge in [-0.25, -0.2) is 8.42 Å². The van der Waals surface area contributed by atoms with E-state index in [-0.39, 0.29) is 15.9 Å². The number of benzene rings is 3. The Balaban J connectivity index is 1.59. The second kappa shape index (κ2) is 11.8. The zero-order valence-corrected chi connectivity index (χ0v) is 21.6. The van der Waals surface area contributed by atoms with Crippen molar-refractivity contribution in [2.75, 3.05) is 16.6 Å². The quantitative estimate of drug-likeness (QED) is 0.263. The van der Waals surface area contributed by atoms with Crippen LogP contribution < -0.4 is 20.1 Å². The molecule has 0 saturated carbocycles. The van der Waals surface area contributed by atoms with Crippen molar-refractivity contribution in [3.05, 3.63) is 83.4 Å². The van der Waals surface area contributed by atoms with E-state index in [1.165, 1.54) is 12.1 Å². The first-order chi connectivity index (χ1) is 16.7. The minimum atomic E-state index is -3.75. The van der Waals surface area contributed by atoms with Crippen molar-refractivity contribution in [3.63, 3.8) is 0 Å². The highest BCUT2D eigenvalue weighted by Crippen LogP contribution is 2.20. The van der Waals surface area contributed by atoms with E-state index in [0.717, 1.165) is 24.0 Å². The van der Waals surface area contributed by atoms with Gasteiger partial charge in [-0.15, -0.1) is 0 Å². The van der Waals surface area contributed by atoms with Gasteiger partial charge in [0.25, 0.3) is 15.9 Å². The van der Waals surface area contributed by atoms with Crippen LogP contribution in [-0.2, 0) is 10.0 Å². The third kappa shape index (κ3) is 7.80. The van der Waals surface area contributed by atoms with Crippen molar-refractivity contribution in [1.29, 1.82) is 0 Å². The molecule has 0 radical (unpaired) electrons. The van der Waals surface area contributed by atoms with Crippen LogP contribution in [0.1, 0.15) is 41.3 Å². The molecule has 3 N–H and O–H groups in total. The lowest BCUT2D eigenvalue weighted by atomic mass is 10.1. The Kier molecular flexibility index (Phi) is 8.84.